The van der Waals surface area contributed by atoms with Crippen LogP contribution in [0.5, 0.6) is 11.6 Å². The molecule has 5 aliphatic rings. The second-order valence-corrected chi connectivity index (χ2v) is 20.4. The molecule has 4 heterocycles. The molecule has 2 aliphatic carbocycles. The van der Waals surface area contributed by atoms with Crippen LogP contribution in [0.15, 0.2) is 36.5 Å². The first kappa shape index (κ1) is 40.6. The van der Waals surface area contributed by atoms with E-state index < -0.39 is 73.7 Å². The van der Waals surface area contributed by atoms with Gasteiger partial charge in [-0.05, 0) is 96.3 Å². The Morgan fingerprint density at radius 2 is 1.84 bits per heavy atom. The molecule has 0 unspecified atom stereocenters. The second-order valence-electron chi connectivity index (χ2n) is 18.2. The minimum absolute atomic E-state index is 0.00420. The molecular formula is C41H57N7O8S. The van der Waals surface area contributed by atoms with E-state index in [9.17, 15) is 27.6 Å². The van der Waals surface area contributed by atoms with E-state index in [1.807, 2.05) is 65.1 Å². The largest absolute Gasteiger partial charge is 0.489 e. The number of allylic oxidation sites excluding steroid dienone is 1. The van der Waals surface area contributed by atoms with Crippen molar-refractivity contribution < 1.29 is 37.1 Å². The van der Waals surface area contributed by atoms with Gasteiger partial charge in [-0.25, -0.2) is 18.2 Å². The van der Waals surface area contributed by atoms with Crippen LogP contribution < -0.4 is 35.0 Å². The normalized spacial score (nSPS) is 30.6. The number of nitrogens with zero attached hydrogens (tertiary/aromatic N) is 3. The highest BCUT2D eigenvalue weighted by Gasteiger charge is 2.63. The number of sulfonamides is 1. The Morgan fingerprint density at radius 1 is 1.09 bits per heavy atom. The standard InChI is InChI=1S/C41H57N7O8S/c1-24-10-8-9-11-26-22-41(26,37(51)46-57(53,54)40(6)15-16-40)44-34(49)31-21-27(23-48(31)36(50)32(25(2)20-24)43-38(52)45-39(3,4)5)56-35-29-12-13-30-33(28(29)14-17-42-35)55-19-18-47(30)7/h9,11-14,17,24-27,31-32H,8,10,15-16,18-23H2,1-7H3,(H,44,49)(H,46,51)(H2,43,45,52)/b11-9-/t24-,25-,26-,27-,31+,32+,41-/m1/s1. The van der Waals surface area contributed by atoms with Crippen LogP contribution in [0, 0.1) is 17.8 Å². The van der Waals surface area contributed by atoms with Crippen molar-refractivity contribution in [1.29, 1.82) is 0 Å². The highest BCUT2D eigenvalue weighted by molar-refractivity contribution is 7.91. The molecule has 3 aliphatic heterocycles. The summed E-state index contributed by atoms with van der Waals surface area (Å²) in [6, 6.07) is 3.13. The number of aromatic nitrogens is 1. The van der Waals surface area contributed by atoms with Crippen molar-refractivity contribution in [2.24, 2.45) is 17.8 Å². The number of hydrogen-bond donors (Lipinski definition) is 4. The predicted octanol–water partition coefficient (Wildman–Crippen LogP) is 3.76. The maximum Gasteiger partial charge on any atom is 0.315 e. The summed E-state index contributed by atoms with van der Waals surface area (Å²) in [5.74, 6) is -1.39. The molecule has 15 nitrogen and oxygen atoms in total. The fourth-order valence-electron chi connectivity index (χ4n) is 8.41. The molecule has 1 aromatic heterocycles. The number of carbonyl (C=O) groups excluding carboxylic acids is 4. The summed E-state index contributed by atoms with van der Waals surface area (Å²) >= 11 is 0. The molecule has 5 amide bonds. The molecule has 7 atom stereocenters. The van der Waals surface area contributed by atoms with Gasteiger partial charge >= 0.3 is 6.03 Å². The Kier molecular flexibility index (Phi) is 10.7. The highest BCUT2D eigenvalue weighted by Crippen LogP contribution is 2.48. The third kappa shape index (κ3) is 8.24. The molecule has 310 valence electrons. The number of pyridine rings is 1. The van der Waals surface area contributed by atoms with Crippen LogP contribution >= 0.6 is 0 Å². The third-order valence-corrected chi connectivity index (χ3v) is 14.4. The van der Waals surface area contributed by atoms with Gasteiger partial charge in [0, 0.05) is 41.9 Å². The van der Waals surface area contributed by atoms with Gasteiger partial charge in [-0.2, -0.15) is 0 Å². The summed E-state index contributed by atoms with van der Waals surface area (Å²) < 4.78 is 40.4. The van der Waals surface area contributed by atoms with Gasteiger partial charge < -0.3 is 35.2 Å². The van der Waals surface area contributed by atoms with Crippen LogP contribution in [0.1, 0.15) is 86.5 Å². The highest BCUT2D eigenvalue weighted by atomic mass is 32.2. The number of ether oxygens (including phenoxy) is 2. The maximum atomic E-state index is 14.9. The minimum Gasteiger partial charge on any atom is -0.489 e. The average Bonchev–Trinajstić information content (AvgIpc) is 4.01. The number of rotatable bonds is 6. The number of hydrogen-bond acceptors (Lipinski definition) is 10. The molecule has 4 N–H and O–H groups in total. The van der Waals surface area contributed by atoms with Crippen LogP contribution in [-0.2, 0) is 24.4 Å². The van der Waals surface area contributed by atoms with Gasteiger partial charge in [0.25, 0.3) is 5.91 Å². The van der Waals surface area contributed by atoms with Crippen LogP contribution in [0.2, 0.25) is 0 Å². The predicted molar refractivity (Wildman–Crippen MR) is 215 cm³/mol. The number of fused-ring (bicyclic) bond motifs is 5. The number of likely N-dealkylation sites (N-methyl/N-ethyl adjacent to an activating group) is 1. The Labute approximate surface area is 335 Å². The lowest BCUT2D eigenvalue weighted by molar-refractivity contribution is -0.142. The molecule has 0 spiro atoms. The molecule has 3 fully saturated rings. The van der Waals surface area contributed by atoms with Gasteiger partial charge in [0.15, 0.2) is 5.75 Å². The summed E-state index contributed by atoms with van der Waals surface area (Å²) in [6.07, 6.45) is 8.04. The van der Waals surface area contributed by atoms with Crippen molar-refractivity contribution in [3.8, 4) is 11.6 Å². The lowest BCUT2D eigenvalue weighted by Crippen LogP contribution is -2.60. The summed E-state index contributed by atoms with van der Waals surface area (Å²) in [5, 5.41) is 10.3. The first-order chi connectivity index (χ1) is 26.8. The Hall–Kier alpha value is -4.60. The number of anilines is 1. The van der Waals surface area contributed by atoms with E-state index >= 15 is 0 Å². The summed E-state index contributed by atoms with van der Waals surface area (Å²) in [4.78, 5) is 64.9. The van der Waals surface area contributed by atoms with Crippen LogP contribution in [0.4, 0.5) is 10.5 Å². The number of carbonyl (C=O) groups is 4. The zero-order chi connectivity index (χ0) is 41.1. The van der Waals surface area contributed by atoms with E-state index in [4.69, 9.17) is 9.47 Å². The van der Waals surface area contributed by atoms with Crippen molar-refractivity contribution >= 4 is 50.2 Å². The van der Waals surface area contributed by atoms with Gasteiger partial charge in [0.1, 0.15) is 30.3 Å². The third-order valence-electron chi connectivity index (χ3n) is 12.2. The van der Waals surface area contributed by atoms with E-state index in [2.05, 4.69) is 37.5 Å². The monoisotopic (exact) mass is 807 g/mol. The molecule has 1 aromatic carbocycles. The van der Waals surface area contributed by atoms with Gasteiger partial charge in [-0.1, -0.05) is 26.0 Å². The molecule has 0 radical (unpaired) electrons. The van der Waals surface area contributed by atoms with Crippen molar-refractivity contribution in [3.05, 3.63) is 36.5 Å². The average molecular weight is 808 g/mol. The first-order valence-electron chi connectivity index (χ1n) is 20.2. The van der Waals surface area contributed by atoms with Gasteiger partial charge in [0.2, 0.25) is 27.7 Å². The molecule has 57 heavy (non-hydrogen) atoms. The van der Waals surface area contributed by atoms with E-state index in [0.29, 0.717) is 43.6 Å². The van der Waals surface area contributed by atoms with E-state index in [-0.39, 0.29) is 31.2 Å². The number of urea groups is 1. The number of nitrogens with one attached hydrogen (secondary N) is 4. The lowest BCUT2D eigenvalue weighted by atomic mass is 9.88. The Morgan fingerprint density at radius 3 is 2.56 bits per heavy atom. The van der Waals surface area contributed by atoms with E-state index in [0.717, 1.165) is 29.8 Å². The zero-order valence-corrected chi connectivity index (χ0v) is 34.8. The molecule has 2 saturated carbocycles. The van der Waals surface area contributed by atoms with Crippen molar-refractivity contribution in [2.75, 3.05) is 31.6 Å². The fourth-order valence-corrected chi connectivity index (χ4v) is 9.73. The molecular weight excluding hydrogens is 751 g/mol. The molecule has 2 aromatic rings. The second kappa shape index (κ2) is 15.0. The summed E-state index contributed by atoms with van der Waals surface area (Å²) in [6.45, 7) is 12.4. The summed E-state index contributed by atoms with van der Waals surface area (Å²) in [7, 11) is -1.99. The molecule has 0 bridgehead atoms. The fraction of sp³-hybridized carbons (Fsp3) is 0.634. The van der Waals surface area contributed by atoms with Gasteiger partial charge in [-0.15, -0.1) is 0 Å². The topological polar surface area (TPSA) is 188 Å². The van der Waals surface area contributed by atoms with Crippen LogP contribution in [0.25, 0.3) is 10.8 Å². The Balaban J connectivity index is 1.23. The van der Waals surface area contributed by atoms with Crippen molar-refractivity contribution in [2.45, 2.75) is 121 Å². The number of amides is 5. The van der Waals surface area contributed by atoms with Gasteiger partial charge in [-0.3, -0.25) is 19.1 Å². The van der Waals surface area contributed by atoms with Crippen LogP contribution in [-0.4, -0.2) is 103 Å². The number of benzene rings is 1. The maximum absolute atomic E-state index is 14.9. The van der Waals surface area contributed by atoms with E-state index in [1.54, 1.807) is 13.1 Å². The molecule has 16 heteroatoms. The first-order valence-corrected chi connectivity index (χ1v) is 21.7. The lowest BCUT2D eigenvalue weighted by Gasteiger charge is -2.33. The Bertz CT molecular complexity index is 2080. The SMILES string of the molecule is C[C@@H]1CC/C=C\[C@@H]2C[C@@]2(C(=O)NS(=O)(=O)C2(C)CC2)NC(=O)[C@@H]2C[C@@H](Oc3nccc4c5c(ccc34)N(C)CCO5)CN2C(=O)[C@@H](NC(=O)NC(C)(C)C)[C@H](C)C1. The van der Waals surface area contributed by atoms with Crippen LogP contribution in [0.3, 0.4) is 0 Å². The minimum atomic E-state index is -4.00. The molecule has 1 saturated heterocycles. The van der Waals surface area contributed by atoms with Crippen molar-refractivity contribution in [1.82, 2.24) is 30.6 Å². The zero-order valence-electron chi connectivity index (χ0n) is 34.0. The van der Waals surface area contributed by atoms with Crippen molar-refractivity contribution in [3.63, 3.8) is 0 Å². The smallest absolute Gasteiger partial charge is 0.315 e. The molecule has 7 rings (SSSR count). The van der Waals surface area contributed by atoms with E-state index in [1.165, 1.54) is 4.90 Å². The van der Waals surface area contributed by atoms with Gasteiger partial charge in [0.05, 0.1) is 23.5 Å². The summed E-state index contributed by atoms with van der Waals surface area (Å²) in [5.41, 5.74) is -1.15. The quantitative estimate of drug-likeness (QED) is 0.313.